The average molecular weight is 187 g/mol. The number of carbonyl (C=O) groups is 1. The van der Waals surface area contributed by atoms with Crippen LogP contribution in [0, 0.1) is 5.92 Å². The summed E-state index contributed by atoms with van der Waals surface area (Å²) >= 11 is 0. The summed E-state index contributed by atoms with van der Waals surface area (Å²) in [5.41, 5.74) is 0. The molecule has 0 bridgehead atoms. The normalized spacial score (nSPS) is 12.3. The van der Waals surface area contributed by atoms with Gasteiger partial charge in [-0.25, -0.2) is 4.79 Å². The number of nitrogens with zero attached hydrogens (tertiary/aromatic N) is 1. The lowest BCUT2D eigenvalue weighted by Crippen LogP contribution is -2.32. The van der Waals surface area contributed by atoms with E-state index in [1.165, 1.54) is 0 Å². The van der Waals surface area contributed by atoms with Gasteiger partial charge in [0.25, 0.3) is 0 Å². The Balaban J connectivity index is 3.72. The number of carbonyl (C=O) groups excluding carboxylic acids is 1. The summed E-state index contributed by atoms with van der Waals surface area (Å²) in [4.78, 5) is 13.0. The summed E-state index contributed by atoms with van der Waals surface area (Å²) in [7, 11) is 0. The summed E-state index contributed by atoms with van der Waals surface area (Å²) in [6, 6.07) is 0. The first-order valence-electron chi connectivity index (χ1n) is 5.07. The van der Waals surface area contributed by atoms with Gasteiger partial charge in [-0.3, -0.25) is 0 Å². The van der Waals surface area contributed by atoms with Gasteiger partial charge < -0.3 is 9.64 Å². The van der Waals surface area contributed by atoms with Crippen molar-refractivity contribution in [2.24, 2.45) is 5.92 Å². The molecule has 0 aromatic rings. The first-order chi connectivity index (χ1) is 6.15. The summed E-state index contributed by atoms with van der Waals surface area (Å²) in [6.45, 7) is 10.0. The topological polar surface area (TPSA) is 29.5 Å². The maximum absolute atomic E-state index is 11.3. The Morgan fingerprint density at radius 3 is 2.23 bits per heavy atom. The monoisotopic (exact) mass is 187 g/mol. The second-order valence-electron chi connectivity index (χ2n) is 3.26. The van der Waals surface area contributed by atoms with E-state index >= 15 is 0 Å². The quantitative estimate of drug-likeness (QED) is 0.662. The molecule has 0 heterocycles. The average Bonchev–Trinajstić information content (AvgIpc) is 2.16. The highest BCUT2D eigenvalue weighted by Crippen LogP contribution is 2.02. The second-order valence-corrected chi connectivity index (χ2v) is 3.26. The third-order valence-corrected chi connectivity index (χ3v) is 2.21. The molecule has 0 saturated carbocycles. The van der Waals surface area contributed by atoms with E-state index in [0.717, 1.165) is 19.5 Å². The predicted molar refractivity (Wildman–Crippen MR) is 53.7 cm³/mol. The van der Waals surface area contributed by atoms with E-state index in [1.807, 2.05) is 13.8 Å². The van der Waals surface area contributed by atoms with Crippen molar-refractivity contribution in [3.05, 3.63) is 0 Å². The first kappa shape index (κ1) is 12.3. The fourth-order valence-corrected chi connectivity index (χ4v) is 0.904. The minimum absolute atomic E-state index is 0.190. The summed E-state index contributed by atoms with van der Waals surface area (Å²) in [5.74, 6) is 0.458. The highest BCUT2D eigenvalue weighted by atomic mass is 16.6. The molecule has 0 aliphatic heterocycles. The summed E-state index contributed by atoms with van der Waals surface area (Å²) < 4.78 is 5.13. The summed E-state index contributed by atoms with van der Waals surface area (Å²) in [6.07, 6.45) is 0.858. The molecule has 13 heavy (non-hydrogen) atoms. The molecular weight excluding hydrogens is 166 g/mol. The van der Waals surface area contributed by atoms with Crippen molar-refractivity contribution in [3.8, 4) is 0 Å². The van der Waals surface area contributed by atoms with Crippen molar-refractivity contribution in [2.45, 2.75) is 34.1 Å². The maximum Gasteiger partial charge on any atom is 0.409 e. The van der Waals surface area contributed by atoms with Gasteiger partial charge in [0.05, 0.1) is 6.61 Å². The van der Waals surface area contributed by atoms with E-state index in [4.69, 9.17) is 4.74 Å². The van der Waals surface area contributed by atoms with Gasteiger partial charge in [-0.2, -0.15) is 0 Å². The van der Waals surface area contributed by atoms with Crippen LogP contribution in [0.25, 0.3) is 0 Å². The second kappa shape index (κ2) is 6.75. The number of amides is 1. The van der Waals surface area contributed by atoms with Gasteiger partial charge in [0.1, 0.15) is 0 Å². The van der Waals surface area contributed by atoms with Gasteiger partial charge >= 0.3 is 6.09 Å². The Labute approximate surface area is 81.1 Å². The Morgan fingerprint density at radius 2 is 1.85 bits per heavy atom. The molecule has 3 nitrogen and oxygen atoms in total. The third kappa shape index (κ3) is 4.76. The zero-order valence-electron chi connectivity index (χ0n) is 9.17. The molecule has 1 atom stereocenters. The van der Waals surface area contributed by atoms with Crippen molar-refractivity contribution in [1.29, 1.82) is 0 Å². The fraction of sp³-hybridized carbons (Fsp3) is 0.900. The van der Waals surface area contributed by atoms with Crippen LogP contribution in [0.4, 0.5) is 4.79 Å². The van der Waals surface area contributed by atoms with Gasteiger partial charge in [-0.05, 0) is 19.8 Å². The summed E-state index contributed by atoms with van der Waals surface area (Å²) in [5, 5.41) is 0. The molecule has 0 aliphatic carbocycles. The largest absolute Gasteiger partial charge is 0.449 e. The van der Waals surface area contributed by atoms with Gasteiger partial charge in [0.15, 0.2) is 0 Å². The highest BCUT2D eigenvalue weighted by molar-refractivity contribution is 5.67. The molecule has 0 aromatic carbocycles. The maximum atomic E-state index is 11.3. The number of rotatable bonds is 5. The van der Waals surface area contributed by atoms with Crippen molar-refractivity contribution < 1.29 is 9.53 Å². The van der Waals surface area contributed by atoms with E-state index < -0.39 is 0 Å². The lowest BCUT2D eigenvalue weighted by molar-refractivity contribution is 0.0926. The van der Waals surface area contributed by atoms with E-state index in [9.17, 15) is 4.79 Å². The molecule has 0 N–H and O–H groups in total. The van der Waals surface area contributed by atoms with Gasteiger partial charge in [-0.15, -0.1) is 0 Å². The number of ether oxygens (including phenoxy) is 1. The standard InChI is InChI=1S/C10H21NO2/c1-5-9(4)8-13-10(12)11(6-2)7-3/h9H,5-8H2,1-4H3. The van der Waals surface area contributed by atoms with Crippen LogP contribution in [0.3, 0.4) is 0 Å². The molecule has 0 aliphatic rings. The van der Waals surface area contributed by atoms with E-state index in [2.05, 4.69) is 13.8 Å². The van der Waals surface area contributed by atoms with Crippen molar-refractivity contribution >= 4 is 6.09 Å². The lowest BCUT2D eigenvalue weighted by Gasteiger charge is -2.19. The lowest BCUT2D eigenvalue weighted by atomic mass is 10.1. The smallest absolute Gasteiger partial charge is 0.409 e. The van der Waals surface area contributed by atoms with Crippen LogP contribution in [0.1, 0.15) is 34.1 Å². The van der Waals surface area contributed by atoms with Gasteiger partial charge in [0.2, 0.25) is 0 Å². The van der Waals surface area contributed by atoms with E-state index in [1.54, 1.807) is 4.90 Å². The van der Waals surface area contributed by atoms with Gasteiger partial charge in [-0.1, -0.05) is 20.3 Å². The molecule has 0 radical (unpaired) electrons. The Morgan fingerprint density at radius 1 is 1.31 bits per heavy atom. The first-order valence-corrected chi connectivity index (χ1v) is 5.07. The number of hydrogen-bond acceptors (Lipinski definition) is 2. The molecule has 0 spiro atoms. The molecule has 1 unspecified atom stereocenters. The van der Waals surface area contributed by atoms with Crippen LogP contribution in [0.5, 0.6) is 0 Å². The Bertz CT molecular complexity index is 144. The molecule has 0 rings (SSSR count). The van der Waals surface area contributed by atoms with E-state index in [0.29, 0.717) is 12.5 Å². The molecule has 0 saturated heterocycles. The highest BCUT2D eigenvalue weighted by Gasteiger charge is 2.11. The van der Waals surface area contributed by atoms with Crippen LogP contribution >= 0.6 is 0 Å². The van der Waals surface area contributed by atoms with Gasteiger partial charge in [0, 0.05) is 13.1 Å². The Kier molecular flexibility index (Phi) is 6.37. The fourth-order valence-electron chi connectivity index (χ4n) is 0.904. The molecule has 0 aromatic heterocycles. The predicted octanol–water partition coefficient (Wildman–Crippen LogP) is 2.51. The third-order valence-electron chi connectivity index (χ3n) is 2.21. The zero-order valence-corrected chi connectivity index (χ0v) is 9.17. The molecule has 3 heteroatoms. The van der Waals surface area contributed by atoms with E-state index in [-0.39, 0.29) is 6.09 Å². The van der Waals surface area contributed by atoms with Crippen LogP contribution in [0.2, 0.25) is 0 Å². The van der Waals surface area contributed by atoms with Crippen molar-refractivity contribution in [2.75, 3.05) is 19.7 Å². The molecule has 0 fully saturated rings. The van der Waals surface area contributed by atoms with Crippen LogP contribution < -0.4 is 0 Å². The minimum atomic E-state index is -0.190. The molecule has 1 amide bonds. The SMILES string of the molecule is CCC(C)COC(=O)N(CC)CC. The Hall–Kier alpha value is -0.730. The van der Waals surface area contributed by atoms with Crippen molar-refractivity contribution in [3.63, 3.8) is 0 Å². The van der Waals surface area contributed by atoms with Crippen molar-refractivity contribution in [1.82, 2.24) is 4.90 Å². The zero-order chi connectivity index (χ0) is 10.3. The van der Waals surface area contributed by atoms with Crippen LogP contribution in [-0.4, -0.2) is 30.7 Å². The molecular formula is C10H21NO2. The van der Waals surface area contributed by atoms with Crippen LogP contribution in [-0.2, 0) is 4.74 Å². The minimum Gasteiger partial charge on any atom is -0.449 e. The van der Waals surface area contributed by atoms with Crippen LogP contribution in [0.15, 0.2) is 0 Å². The number of hydrogen-bond donors (Lipinski definition) is 0. The molecule has 78 valence electrons.